The van der Waals surface area contributed by atoms with Crippen molar-refractivity contribution in [2.24, 2.45) is 0 Å². The van der Waals surface area contributed by atoms with Crippen LogP contribution in [0.1, 0.15) is 49.4 Å². The number of anilines is 1. The minimum Gasteiger partial charge on any atom is -0.366 e. The fourth-order valence-electron chi connectivity index (χ4n) is 3.90. The van der Waals surface area contributed by atoms with Crippen molar-refractivity contribution in [2.75, 3.05) is 37.6 Å². The number of carbonyl (C=O) groups excluding carboxylic acids is 3. The average Bonchev–Trinajstić information content (AvgIpc) is 3.21. The first kappa shape index (κ1) is 21.1. The van der Waals surface area contributed by atoms with E-state index in [9.17, 15) is 18.8 Å². The molecule has 1 saturated carbocycles. The Hall–Kier alpha value is -2.64. The molecule has 1 heterocycles. The van der Waals surface area contributed by atoms with Crippen LogP contribution in [0.3, 0.4) is 0 Å². The molecule has 0 aromatic heterocycles. The predicted molar refractivity (Wildman–Crippen MR) is 109 cm³/mol. The van der Waals surface area contributed by atoms with E-state index in [1.165, 1.54) is 25.8 Å². The third-order valence-corrected chi connectivity index (χ3v) is 5.61. The molecule has 29 heavy (non-hydrogen) atoms. The first-order valence-corrected chi connectivity index (χ1v) is 10.3. The Morgan fingerprint density at radius 3 is 2.41 bits per heavy atom. The molecule has 1 saturated heterocycles. The van der Waals surface area contributed by atoms with E-state index < -0.39 is 5.82 Å². The lowest BCUT2D eigenvalue weighted by atomic mass is 10.1. The number of urea groups is 1. The van der Waals surface area contributed by atoms with E-state index in [0.29, 0.717) is 44.0 Å². The lowest BCUT2D eigenvalue weighted by Gasteiger charge is -2.36. The van der Waals surface area contributed by atoms with Gasteiger partial charge in [-0.05, 0) is 38.0 Å². The molecular formula is C21H29FN4O3. The molecule has 0 radical (unpaired) electrons. The third kappa shape index (κ3) is 5.68. The van der Waals surface area contributed by atoms with Gasteiger partial charge in [-0.1, -0.05) is 12.8 Å². The van der Waals surface area contributed by atoms with Crippen LogP contribution < -0.4 is 15.5 Å². The van der Waals surface area contributed by atoms with E-state index >= 15 is 0 Å². The molecule has 1 aliphatic heterocycles. The van der Waals surface area contributed by atoms with Gasteiger partial charge in [0.2, 0.25) is 5.91 Å². The number of rotatable bonds is 6. The number of nitrogens with one attached hydrogen (secondary N) is 2. The van der Waals surface area contributed by atoms with Crippen LogP contribution in [0.5, 0.6) is 0 Å². The van der Waals surface area contributed by atoms with E-state index in [0.717, 1.165) is 12.8 Å². The molecule has 2 fully saturated rings. The van der Waals surface area contributed by atoms with Gasteiger partial charge in [-0.3, -0.25) is 9.59 Å². The number of hydrogen-bond acceptors (Lipinski definition) is 4. The second-order valence-electron chi connectivity index (χ2n) is 7.73. The van der Waals surface area contributed by atoms with Gasteiger partial charge in [-0.25, -0.2) is 9.18 Å². The van der Waals surface area contributed by atoms with Gasteiger partial charge in [-0.2, -0.15) is 0 Å². The fraction of sp³-hybridized carbons (Fsp3) is 0.571. The van der Waals surface area contributed by atoms with E-state index in [-0.39, 0.29) is 30.2 Å². The highest BCUT2D eigenvalue weighted by Gasteiger charge is 2.23. The van der Waals surface area contributed by atoms with Gasteiger partial charge in [0.1, 0.15) is 5.82 Å². The minimum atomic E-state index is -0.427. The number of Topliss-reactive ketones (excluding diaryl/α,β-unsaturated/α-hetero) is 1. The normalized spacial score (nSPS) is 17.3. The van der Waals surface area contributed by atoms with Gasteiger partial charge in [0.05, 0.1) is 5.69 Å². The molecule has 1 aromatic rings. The number of benzene rings is 1. The first-order valence-electron chi connectivity index (χ1n) is 10.3. The number of amides is 3. The Morgan fingerprint density at radius 1 is 1.10 bits per heavy atom. The summed E-state index contributed by atoms with van der Waals surface area (Å²) in [4.78, 5) is 39.1. The molecule has 2 aliphatic rings. The molecule has 158 valence electrons. The molecule has 1 aromatic carbocycles. The van der Waals surface area contributed by atoms with E-state index in [1.807, 2.05) is 4.90 Å². The van der Waals surface area contributed by atoms with Gasteiger partial charge >= 0.3 is 6.03 Å². The summed E-state index contributed by atoms with van der Waals surface area (Å²) in [6.07, 6.45) is 4.69. The number of carbonyl (C=O) groups is 3. The van der Waals surface area contributed by atoms with Crippen molar-refractivity contribution in [3.63, 3.8) is 0 Å². The molecule has 3 amide bonds. The minimum absolute atomic E-state index is 0.0218. The molecule has 0 bridgehead atoms. The van der Waals surface area contributed by atoms with Crippen LogP contribution >= 0.6 is 0 Å². The third-order valence-electron chi connectivity index (χ3n) is 5.61. The fourth-order valence-corrected chi connectivity index (χ4v) is 3.90. The number of hydrogen-bond donors (Lipinski definition) is 2. The van der Waals surface area contributed by atoms with E-state index in [4.69, 9.17) is 0 Å². The van der Waals surface area contributed by atoms with E-state index in [2.05, 4.69) is 10.6 Å². The van der Waals surface area contributed by atoms with Crippen molar-refractivity contribution in [1.29, 1.82) is 0 Å². The first-order chi connectivity index (χ1) is 13.9. The summed E-state index contributed by atoms with van der Waals surface area (Å²) in [5, 5.41) is 5.80. The Kier molecular flexibility index (Phi) is 7.06. The molecule has 1 aliphatic carbocycles. The standard InChI is InChI=1S/C21H29FN4O3/c1-15(27)16-6-7-19(18(22)14-16)25-10-12-26(13-11-25)21(29)23-9-8-20(28)24-17-4-2-3-5-17/h6-7,14,17H,2-5,8-13H2,1H3,(H,23,29)(H,24,28). The average molecular weight is 404 g/mol. The van der Waals surface area contributed by atoms with Crippen LogP contribution in [0.15, 0.2) is 18.2 Å². The summed E-state index contributed by atoms with van der Waals surface area (Å²) in [5.74, 6) is -0.621. The van der Waals surface area contributed by atoms with Crippen LogP contribution in [-0.2, 0) is 4.79 Å². The van der Waals surface area contributed by atoms with Crippen molar-refractivity contribution in [2.45, 2.75) is 45.1 Å². The van der Waals surface area contributed by atoms with Crippen LogP contribution in [0.25, 0.3) is 0 Å². The van der Waals surface area contributed by atoms with Gasteiger partial charge < -0.3 is 20.4 Å². The predicted octanol–water partition coefficient (Wildman–Crippen LogP) is 2.31. The maximum atomic E-state index is 14.3. The zero-order valence-electron chi connectivity index (χ0n) is 16.9. The van der Waals surface area contributed by atoms with E-state index in [1.54, 1.807) is 17.0 Å². The second-order valence-corrected chi connectivity index (χ2v) is 7.73. The topological polar surface area (TPSA) is 81.8 Å². The number of nitrogens with zero attached hydrogens (tertiary/aromatic N) is 2. The van der Waals surface area contributed by atoms with Crippen molar-refractivity contribution < 1.29 is 18.8 Å². The molecule has 0 spiro atoms. The summed E-state index contributed by atoms with van der Waals surface area (Å²) < 4.78 is 14.3. The molecule has 0 unspecified atom stereocenters. The monoisotopic (exact) mass is 404 g/mol. The molecule has 7 nitrogen and oxygen atoms in total. The summed E-state index contributed by atoms with van der Waals surface area (Å²) in [6.45, 7) is 3.66. The van der Waals surface area contributed by atoms with Crippen LogP contribution in [-0.4, -0.2) is 61.4 Å². The Balaban J connectivity index is 1.40. The maximum absolute atomic E-state index is 14.3. The lowest BCUT2D eigenvalue weighted by molar-refractivity contribution is -0.121. The quantitative estimate of drug-likeness (QED) is 0.713. The van der Waals surface area contributed by atoms with Crippen molar-refractivity contribution >= 4 is 23.4 Å². The van der Waals surface area contributed by atoms with Crippen molar-refractivity contribution in [3.05, 3.63) is 29.6 Å². The number of ketones is 1. The largest absolute Gasteiger partial charge is 0.366 e. The lowest BCUT2D eigenvalue weighted by Crippen LogP contribution is -2.52. The smallest absolute Gasteiger partial charge is 0.317 e. The summed E-state index contributed by atoms with van der Waals surface area (Å²) in [5.41, 5.74) is 0.792. The summed E-state index contributed by atoms with van der Waals surface area (Å²) in [6, 6.07) is 4.58. The van der Waals surface area contributed by atoms with Crippen molar-refractivity contribution in [1.82, 2.24) is 15.5 Å². The number of halogens is 1. The molecular weight excluding hydrogens is 375 g/mol. The van der Waals surface area contributed by atoms with Gasteiger partial charge in [0, 0.05) is 50.7 Å². The summed E-state index contributed by atoms with van der Waals surface area (Å²) in [7, 11) is 0. The highest BCUT2D eigenvalue weighted by atomic mass is 19.1. The molecule has 3 rings (SSSR count). The maximum Gasteiger partial charge on any atom is 0.317 e. The Morgan fingerprint density at radius 2 is 1.79 bits per heavy atom. The molecule has 0 atom stereocenters. The Bertz CT molecular complexity index is 756. The van der Waals surface area contributed by atoms with Crippen LogP contribution in [0.4, 0.5) is 14.9 Å². The zero-order valence-corrected chi connectivity index (χ0v) is 16.9. The highest BCUT2D eigenvalue weighted by molar-refractivity contribution is 5.94. The van der Waals surface area contributed by atoms with Gasteiger partial charge in [0.25, 0.3) is 0 Å². The SMILES string of the molecule is CC(=O)c1ccc(N2CCN(C(=O)NCCC(=O)NC3CCCC3)CC2)c(F)c1. The van der Waals surface area contributed by atoms with Gasteiger partial charge in [-0.15, -0.1) is 0 Å². The Labute approximate surface area is 170 Å². The van der Waals surface area contributed by atoms with Crippen LogP contribution in [0.2, 0.25) is 0 Å². The van der Waals surface area contributed by atoms with Crippen LogP contribution in [0, 0.1) is 5.82 Å². The highest BCUT2D eigenvalue weighted by Crippen LogP contribution is 2.22. The zero-order chi connectivity index (χ0) is 20.8. The number of piperazine rings is 1. The molecule has 2 N–H and O–H groups in total. The van der Waals surface area contributed by atoms with Gasteiger partial charge in [0.15, 0.2) is 5.78 Å². The molecule has 8 heteroatoms. The second kappa shape index (κ2) is 9.71. The summed E-state index contributed by atoms with van der Waals surface area (Å²) >= 11 is 0. The van der Waals surface area contributed by atoms with Crippen molar-refractivity contribution in [3.8, 4) is 0 Å².